The summed E-state index contributed by atoms with van der Waals surface area (Å²) in [6, 6.07) is 0. The van der Waals surface area contributed by atoms with E-state index in [1.54, 1.807) is 0 Å². The van der Waals surface area contributed by atoms with Gasteiger partial charge in [0, 0.05) is 19.6 Å². The summed E-state index contributed by atoms with van der Waals surface area (Å²) in [5, 5.41) is 0. The van der Waals surface area contributed by atoms with Gasteiger partial charge in [0.05, 0.1) is 19.8 Å². The van der Waals surface area contributed by atoms with Crippen LogP contribution in [-0.4, -0.2) is 49.9 Å². The Kier molecular flexibility index (Phi) is 24.9. The van der Waals surface area contributed by atoms with Crippen molar-refractivity contribution in [2.45, 2.75) is 110 Å². The van der Waals surface area contributed by atoms with Crippen molar-refractivity contribution in [1.82, 2.24) is 0 Å². The molecular weight excluding hydrogens is 481 g/mol. The molecule has 0 aliphatic rings. The number of phosphoric acid groups is 1. The predicted molar refractivity (Wildman–Crippen MR) is 146 cm³/mol. The van der Waals surface area contributed by atoms with E-state index in [9.17, 15) is 14.3 Å². The number of ether oxygens (including phenoxy) is 2. The average Bonchev–Trinajstić information content (AvgIpc) is 2.86. The number of phosphoric ester groups is 1. The van der Waals surface area contributed by atoms with Crippen LogP contribution in [0.4, 0.5) is 0 Å². The van der Waals surface area contributed by atoms with Gasteiger partial charge in [-0.1, -0.05) is 83.1 Å². The molecule has 2 atom stereocenters. The van der Waals surface area contributed by atoms with E-state index >= 15 is 0 Å². The minimum atomic E-state index is -4.24. The van der Waals surface area contributed by atoms with Crippen molar-refractivity contribution in [2.75, 3.05) is 33.0 Å². The zero-order valence-corrected chi connectivity index (χ0v) is 23.6. The molecule has 0 aliphatic carbocycles. The first-order valence-corrected chi connectivity index (χ1v) is 15.3. The molecule has 0 aromatic heterocycles. The molecule has 0 aromatic carbocycles. The number of esters is 1. The van der Waals surface area contributed by atoms with Crippen molar-refractivity contribution < 1.29 is 32.8 Å². The van der Waals surface area contributed by atoms with Gasteiger partial charge in [-0.15, -0.1) is 0 Å². The van der Waals surface area contributed by atoms with Crippen molar-refractivity contribution in [3.63, 3.8) is 0 Å². The third-order valence-corrected chi connectivity index (χ3v) is 6.36. The summed E-state index contributed by atoms with van der Waals surface area (Å²) in [6.45, 7) is 4.57. The molecule has 0 radical (unpaired) electrons. The van der Waals surface area contributed by atoms with Crippen molar-refractivity contribution in [3.8, 4) is 0 Å². The molecular formula is C27H52NO7P. The van der Waals surface area contributed by atoms with Crippen LogP contribution in [0.1, 0.15) is 104 Å². The van der Waals surface area contributed by atoms with Crippen LogP contribution in [0.3, 0.4) is 0 Å². The normalized spacial score (nSPS) is 14.4. The fraction of sp³-hybridized carbons (Fsp3) is 0.815. The van der Waals surface area contributed by atoms with E-state index < -0.39 is 13.9 Å². The lowest BCUT2D eigenvalue weighted by Crippen LogP contribution is -2.28. The Morgan fingerprint density at radius 3 is 2.14 bits per heavy atom. The first-order valence-electron chi connectivity index (χ1n) is 13.8. The minimum absolute atomic E-state index is 0.0978. The van der Waals surface area contributed by atoms with Crippen LogP contribution in [0.2, 0.25) is 0 Å². The molecule has 0 bridgehead atoms. The van der Waals surface area contributed by atoms with Crippen molar-refractivity contribution >= 4 is 13.8 Å². The smallest absolute Gasteiger partial charge is 0.457 e. The molecule has 0 aromatic rings. The Labute approximate surface area is 219 Å². The molecule has 212 valence electrons. The maximum Gasteiger partial charge on any atom is 0.472 e. The molecule has 0 heterocycles. The Hall–Kier alpha value is -1.02. The maximum atomic E-state index is 12.0. The number of unbranched alkanes of at least 4 members (excludes halogenated alkanes) is 9. The fourth-order valence-corrected chi connectivity index (χ4v) is 4.05. The third kappa shape index (κ3) is 24.7. The van der Waals surface area contributed by atoms with Crippen LogP contribution in [0.5, 0.6) is 0 Å². The van der Waals surface area contributed by atoms with Crippen molar-refractivity contribution in [2.24, 2.45) is 5.73 Å². The monoisotopic (exact) mass is 533 g/mol. The number of carbonyl (C=O) groups excluding carboxylic acids is 1. The zero-order valence-electron chi connectivity index (χ0n) is 22.7. The summed E-state index contributed by atoms with van der Waals surface area (Å²) in [4.78, 5) is 21.6. The van der Waals surface area contributed by atoms with Gasteiger partial charge in [-0.25, -0.2) is 4.57 Å². The molecule has 0 rings (SSSR count). The highest BCUT2D eigenvalue weighted by Gasteiger charge is 2.25. The number of hydrogen-bond acceptors (Lipinski definition) is 7. The standard InChI is InChI=1S/C27H52NO7P/c1-3-5-7-8-9-10-11-12-13-14-15-16-17-18-19-22-32-24-26(35-27(29)20-6-4-2)25-34-36(30,31)33-23-21-28/h8-9,11-12,26H,3-7,10,13-25,28H2,1-2H3,(H,30,31)/b9-8-,12-11-. The molecule has 36 heavy (non-hydrogen) atoms. The number of hydrogen-bond donors (Lipinski definition) is 2. The highest BCUT2D eigenvalue weighted by molar-refractivity contribution is 7.47. The highest BCUT2D eigenvalue weighted by atomic mass is 31.2. The second-order valence-electron chi connectivity index (χ2n) is 8.91. The summed E-state index contributed by atoms with van der Waals surface area (Å²) in [5.41, 5.74) is 5.27. The topological polar surface area (TPSA) is 117 Å². The van der Waals surface area contributed by atoms with Crippen LogP contribution in [0.15, 0.2) is 24.3 Å². The Morgan fingerprint density at radius 1 is 0.833 bits per heavy atom. The number of rotatable bonds is 26. The summed E-state index contributed by atoms with van der Waals surface area (Å²) in [6.07, 6.45) is 22.9. The van der Waals surface area contributed by atoms with Crippen molar-refractivity contribution in [1.29, 1.82) is 0 Å². The van der Waals surface area contributed by atoms with E-state index in [-0.39, 0.29) is 32.3 Å². The van der Waals surface area contributed by atoms with Crippen LogP contribution in [-0.2, 0) is 27.9 Å². The fourth-order valence-electron chi connectivity index (χ4n) is 3.28. The molecule has 0 amide bonds. The molecule has 8 nitrogen and oxygen atoms in total. The van der Waals surface area contributed by atoms with Gasteiger partial charge in [-0.3, -0.25) is 13.8 Å². The molecule has 0 saturated carbocycles. The number of nitrogens with two attached hydrogens (primary N) is 1. The van der Waals surface area contributed by atoms with E-state index in [0.717, 1.165) is 44.9 Å². The molecule has 0 fully saturated rings. The van der Waals surface area contributed by atoms with Gasteiger partial charge in [0.1, 0.15) is 6.10 Å². The summed E-state index contributed by atoms with van der Waals surface area (Å²) >= 11 is 0. The summed E-state index contributed by atoms with van der Waals surface area (Å²) < 4.78 is 32.5. The van der Waals surface area contributed by atoms with Gasteiger partial charge in [0.25, 0.3) is 0 Å². The van der Waals surface area contributed by atoms with E-state index in [1.807, 2.05) is 6.92 Å². The Morgan fingerprint density at radius 2 is 1.47 bits per heavy atom. The first kappa shape index (κ1) is 35.0. The summed E-state index contributed by atoms with van der Waals surface area (Å²) in [5.74, 6) is -0.372. The predicted octanol–water partition coefficient (Wildman–Crippen LogP) is 6.62. The van der Waals surface area contributed by atoms with Crippen LogP contribution in [0, 0.1) is 0 Å². The second-order valence-corrected chi connectivity index (χ2v) is 10.4. The van der Waals surface area contributed by atoms with Crippen LogP contribution in [0.25, 0.3) is 0 Å². The molecule has 2 unspecified atom stereocenters. The largest absolute Gasteiger partial charge is 0.472 e. The van der Waals surface area contributed by atoms with Gasteiger partial charge in [0.2, 0.25) is 0 Å². The average molecular weight is 534 g/mol. The maximum absolute atomic E-state index is 12.0. The van der Waals surface area contributed by atoms with E-state index in [2.05, 4.69) is 31.2 Å². The van der Waals surface area contributed by atoms with Crippen LogP contribution < -0.4 is 5.73 Å². The molecule has 0 aliphatic heterocycles. The van der Waals surface area contributed by atoms with Gasteiger partial charge < -0.3 is 20.1 Å². The zero-order chi connectivity index (χ0) is 26.7. The van der Waals surface area contributed by atoms with Gasteiger partial charge in [-0.2, -0.15) is 0 Å². The lowest BCUT2D eigenvalue weighted by Gasteiger charge is -2.20. The quantitative estimate of drug-likeness (QED) is 0.0551. The van der Waals surface area contributed by atoms with E-state index in [4.69, 9.17) is 24.3 Å². The van der Waals surface area contributed by atoms with Crippen LogP contribution >= 0.6 is 7.82 Å². The first-order chi connectivity index (χ1) is 17.4. The third-order valence-electron chi connectivity index (χ3n) is 5.37. The number of carbonyl (C=O) groups is 1. The molecule has 9 heteroatoms. The minimum Gasteiger partial charge on any atom is -0.457 e. The lowest BCUT2D eigenvalue weighted by atomic mass is 10.1. The molecule has 0 spiro atoms. The van der Waals surface area contributed by atoms with Gasteiger partial charge in [-0.05, 0) is 38.5 Å². The number of allylic oxidation sites excluding steroid dienone is 4. The summed E-state index contributed by atoms with van der Waals surface area (Å²) in [7, 11) is -4.24. The highest BCUT2D eigenvalue weighted by Crippen LogP contribution is 2.43. The molecule has 3 N–H and O–H groups in total. The lowest BCUT2D eigenvalue weighted by molar-refractivity contribution is -0.154. The Balaban J connectivity index is 3.94. The van der Waals surface area contributed by atoms with Gasteiger partial charge >= 0.3 is 13.8 Å². The Bertz CT molecular complexity index is 613. The van der Waals surface area contributed by atoms with E-state index in [0.29, 0.717) is 13.0 Å². The van der Waals surface area contributed by atoms with Gasteiger partial charge in [0.15, 0.2) is 0 Å². The van der Waals surface area contributed by atoms with E-state index in [1.165, 1.54) is 38.5 Å². The molecule has 0 saturated heterocycles. The van der Waals surface area contributed by atoms with Crippen molar-refractivity contribution in [3.05, 3.63) is 24.3 Å². The SMILES string of the molecule is CCCC/C=C\C/C=C\CCCCCCCCOCC(COP(=O)(O)OCCN)OC(=O)CCCC. The second kappa shape index (κ2) is 25.6.